The van der Waals surface area contributed by atoms with Gasteiger partial charge in [-0.3, -0.25) is 0 Å². The first kappa shape index (κ1) is 11.8. The van der Waals surface area contributed by atoms with Crippen LogP contribution in [0.25, 0.3) is 0 Å². The third-order valence-electron chi connectivity index (χ3n) is 1.92. The fourth-order valence-electron chi connectivity index (χ4n) is 1.27. The maximum absolute atomic E-state index is 12.9. The van der Waals surface area contributed by atoms with Crippen LogP contribution in [0.3, 0.4) is 0 Å². The second kappa shape index (κ2) is 6.24. The van der Waals surface area contributed by atoms with Crippen LogP contribution in [0.15, 0.2) is 18.2 Å². The molecule has 0 bridgehead atoms. The van der Waals surface area contributed by atoms with Gasteiger partial charge in [0.25, 0.3) is 0 Å². The van der Waals surface area contributed by atoms with Crippen molar-refractivity contribution in [3.63, 3.8) is 0 Å². The second-order valence-corrected chi connectivity index (χ2v) is 3.25. The van der Waals surface area contributed by atoms with Crippen LogP contribution in [0.4, 0.5) is 15.8 Å². The van der Waals surface area contributed by atoms with Crippen LogP contribution in [0.2, 0.25) is 0 Å². The Hall–Kier alpha value is -1.29. The first-order valence-corrected chi connectivity index (χ1v) is 5.10. The maximum atomic E-state index is 12.9. The number of benzene rings is 1. The predicted octanol–water partition coefficient (Wildman–Crippen LogP) is 2.25. The smallest absolute Gasteiger partial charge is 0.127 e. The summed E-state index contributed by atoms with van der Waals surface area (Å²) in [5.41, 5.74) is 6.65. The zero-order chi connectivity index (χ0) is 11.1. The summed E-state index contributed by atoms with van der Waals surface area (Å²) >= 11 is 0. The van der Waals surface area contributed by atoms with Gasteiger partial charge in [0.05, 0.1) is 0 Å². The van der Waals surface area contributed by atoms with E-state index in [-0.39, 0.29) is 5.82 Å². The largest absolute Gasteiger partial charge is 0.399 e. The van der Waals surface area contributed by atoms with Gasteiger partial charge in [0.2, 0.25) is 0 Å². The van der Waals surface area contributed by atoms with E-state index >= 15 is 0 Å². The standard InChI is InChI=1S/C11H17FN2O/c1-2-15-5-3-4-14-11-7-9(12)6-10(13)8-11/h6-8,14H,2-5,13H2,1H3. The molecule has 0 heterocycles. The molecule has 0 amide bonds. The van der Waals surface area contributed by atoms with E-state index in [1.807, 2.05) is 6.92 Å². The lowest BCUT2D eigenvalue weighted by Crippen LogP contribution is -2.06. The Labute approximate surface area is 89.4 Å². The number of rotatable bonds is 6. The molecular weight excluding hydrogens is 195 g/mol. The number of nitrogens with two attached hydrogens (primary N) is 1. The average Bonchev–Trinajstić information content (AvgIpc) is 2.16. The van der Waals surface area contributed by atoms with Crippen molar-refractivity contribution in [3.8, 4) is 0 Å². The van der Waals surface area contributed by atoms with Crippen LogP contribution in [0, 0.1) is 5.82 Å². The highest BCUT2D eigenvalue weighted by Crippen LogP contribution is 2.15. The molecule has 0 saturated carbocycles. The molecule has 0 aliphatic rings. The number of ether oxygens (including phenoxy) is 1. The molecule has 0 spiro atoms. The lowest BCUT2D eigenvalue weighted by atomic mass is 10.2. The molecule has 4 heteroatoms. The highest BCUT2D eigenvalue weighted by Gasteiger charge is 1.97. The average molecular weight is 212 g/mol. The highest BCUT2D eigenvalue weighted by molar-refractivity contribution is 5.54. The summed E-state index contributed by atoms with van der Waals surface area (Å²) in [6, 6.07) is 4.44. The van der Waals surface area contributed by atoms with E-state index in [1.165, 1.54) is 12.1 Å². The maximum Gasteiger partial charge on any atom is 0.127 e. The zero-order valence-corrected chi connectivity index (χ0v) is 8.92. The third kappa shape index (κ3) is 4.65. The highest BCUT2D eigenvalue weighted by atomic mass is 19.1. The quantitative estimate of drug-likeness (QED) is 0.561. The fourth-order valence-corrected chi connectivity index (χ4v) is 1.27. The summed E-state index contributed by atoms with van der Waals surface area (Å²) < 4.78 is 18.1. The first-order chi connectivity index (χ1) is 7.22. The monoisotopic (exact) mass is 212 g/mol. The van der Waals surface area contributed by atoms with E-state index in [4.69, 9.17) is 10.5 Å². The Kier molecular flexibility index (Phi) is 4.90. The predicted molar refractivity (Wildman–Crippen MR) is 60.4 cm³/mol. The lowest BCUT2D eigenvalue weighted by molar-refractivity contribution is 0.147. The zero-order valence-electron chi connectivity index (χ0n) is 8.92. The number of anilines is 2. The topological polar surface area (TPSA) is 47.3 Å². The van der Waals surface area contributed by atoms with Crippen molar-refractivity contribution in [2.24, 2.45) is 0 Å². The molecule has 3 N–H and O–H groups in total. The van der Waals surface area contributed by atoms with Gasteiger partial charge in [-0.05, 0) is 31.5 Å². The van der Waals surface area contributed by atoms with Crippen molar-refractivity contribution >= 4 is 11.4 Å². The molecule has 84 valence electrons. The van der Waals surface area contributed by atoms with Gasteiger partial charge in [-0.15, -0.1) is 0 Å². The van der Waals surface area contributed by atoms with E-state index in [0.717, 1.165) is 19.6 Å². The van der Waals surface area contributed by atoms with Crippen molar-refractivity contribution in [3.05, 3.63) is 24.0 Å². The molecule has 3 nitrogen and oxygen atoms in total. The van der Waals surface area contributed by atoms with Gasteiger partial charge in [-0.2, -0.15) is 0 Å². The molecule has 0 aliphatic heterocycles. The Bertz CT molecular complexity index is 284. The van der Waals surface area contributed by atoms with Gasteiger partial charge in [0, 0.05) is 31.1 Å². The molecular formula is C11H17FN2O. The minimum atomic E-state index is -0.317. The van der Waals surface area contributed by atoms with Crippen LogP contribution in [-0.2, 0) is 4.74 Å². The van der Waals surface area contributed by atoms with E-state index in [2.05, 4.69) is 5.32 Å². The Morgan fingerprint density at radius 1 is 1.40 bits per heavy atom. The van der Waals surface area contributed by atoms with Gasteiger partial charge in [0.15, 0.2) is 0 Å². The van der Waals surface area contributed by atoms with E-state index in [9.17, 15) is 4.39 Å². The van der Waals surface area contributed by atoms with Crippen LogP contribution in [-0.4, -0.2) is 19.8 Å². The lowest BCUT2D eigenvalue weighted by Gasteiger charge is -2.07. The van der Waals surface area contributed by atoms with Crippen LogP contribution >= 0.6 is 0 Å². The van der Waals surface area contributed by atoms with Crippen molar-refractivity contribution in [1.82, 2.24) is 0 Å². The van der Waals surface area contributed by atoms with E-state index < -0.39 is 0 Å². The molecule has 0 aliphatic carbocycles. The van der Waals surface area contributed by atoms with Crippen LogP contribution in [0.5, 0.6) is 0 Å². The van der Waals surface area contributed by atoms with Gasteiger partial charge in [-0.1, -0.05) is 0 Å². The molecule has 1 aromatic carbocycles. The summed E-state index contributed by atoms with van der Waals surface area (Å²) in [5, 5.41) is 3.09. The van der Waals surface area contributed by atoms with Crippen molar-refractivity contribution in [2.45, 2.75) is 13.3 Å². The Balaban J connectivity index is 2.31. The Morgan fingerprint density at radius 2 is 2.20 bits per heavy atom. The number of hydrogen-bond acceptors (Lipinski definition) is 3. The summed E-state index contributed by atoms with van der Waals surface area (Å²) in [5.74, 6) is -0.317. The molecule has 0 radical (unpaired) electrons. The SMILES string of the molecule is CCOCCCNc1cc(N)cc(F)c1. The second-order valence-electron chi connectivity index (χ2n) is 3.25. The van der Waals surface area contributed by atoms with Gasteiger partial charge in [0.1, 0.15) is 5.82 Å². The minimum Gasteiger partial charge on any atom is -0.399 e. The Morgan fingerprint density at radius 3 is 2.87 bits per heavy atom. The van der Waals surface area contributed by atoms with E-state index in [0.29, 0.717) is 18.0 Å². The van der Waals surface area contributed by atoms with Crippen molar-refractivity contribution in [2.75, 3.05) is 30.8 Å². The van der Waals surface area contributed by atoms with Crippen LogP contribution < -0.4 is 11.1 Å². The van der Waals surface area contributed by atoms with Gasteiger partial charge >= 0.3 is 0 Å². The van der Waals surface area contributed by atoms with Crippen molar-refractivity contribution < 1.29 is 9.13 Å². The summed E-state index contributed by atoms with van der Waals surface area (Å²) in [6.07, 6.45) is 0.893. The third-order valence-corrected chi connectivity index (χ3v) is 1.92. The van der Waals surface area contributed by atoms with Crippen molar-refractivity contribution in [1.29, 1.82) is 0 Å². The molecule has 0 fully saturated rings. The minimum absolute atomic E-state index is 0.317. The molecule has 0 unspecified atom stereocenters. The molecule has 1 rings (SSSR count). The van der Waals surface area contributed by atoms with E-state index in [1.54, 1.807) is 6.07 Å². The molecule has 1 aromatic rings. The number of halogens is 1. The summed E-state index contributed by atoms with van der Waals surface area (Å²) in [7, 11) is 0. The fraction of sp³-hybridized carbons (Fsp3) is 0.455. The number of nitrogens with one attached hydrogen (secondary N) is 1. The van der Waals surface area contributed by atoms with Crippen LogP contribution in [0.1, 0.15) is 13.3 Å². The van der Waals surface area contributed by atoms with Gasteiger partial charge in [-0.25, -0.2) is 4.39 Å². The molecule has 0 atom stereocenters. The molecule has 0 aromatic heterocycles. The summed E-state index contributed by atoms with van der Waals surface area (Å²) in [4.78, 5) is 0. The van der Waals surface area contributed by atoms with Gasteiger partial charge < -0.3 is 15.8 Å². The summed E-state index contributed by atoms with van der Waals surface area (Å²) in [6.45, 7) is 4.16. The first-order valence-electron chi connectivity index (χ1n) is 5.10. The molecule has 0 saturated heterocycles. The number of hydrogen-bond donors (Lipinski definition) is 2. The number of nitrogen functional groups attached to an aromatic ring is 1. The normalized spacial score (nSPS) is 10.3. The molecule has 15 heavy (non-hydrogen) atoms.